The summed E-state index contributed by atoms with van der Waals surface area (Å²) >= 11 is 0. The first kappa shape index (κ1) is 17.2. The molecule has 0 saturated carbocycles. The minimum atomic E-state index is -4.15. The van der Waals surface area contributed by atoms with Gasteiger partial charge in [0.2, 0.25) is 5.91 Å². The fourth-order valence-corrected chi connectivity index (χ4v) is 2.28. The van der Waals surface area contributed by atoms with E-state index in [0.717, 1.165) is 13.1 Å². The Morgan fingerprint density at radius 3 is 2.45 bits per heavy atom. The molecule has 118 valence electrons. The van der Waals surface area contributed by atoms with Gasteiger partial charge in [-0.2, -0.15) is 13.2 Å². The molecular formula is C13H24F3N3O. The summed E-state index contributed by atoms with van der Waals surface area (Å²) in [6.45, 7) is 4.15. The van der Waals surface area contributed by atoms with E-state index in [9.17, 15) is 18.0 Å². The number of nitrogens with one attached hydrogen (secondary N) is 1. The highest BCUT2D eigenvalue weighted by Gasteiger charge is 2.33. The maximum atomic E-state index is 12.2. The zero-order chi connectivity index (χ0) is 15.2. The summed E-state index contributed by atoms with van der Waals surface area (Å²) in [7, 11) is 1.97. The van der Waals surface area contributed by atoms with Gasteiger partial charge in [-0.15, -0.1) is 0 Å². The highest BCUT2D eigenvalue weighted by molar-refractivity contribution is 5.78. The Bertz CT molecular complexity index is 302. The van der Waals surface area contributed by atoms with Gasteiger partial charge in [-0.25, -0.2) is 0 Å². The molecule has 1 rings (SSSR count). The molecule has 1 heterocycles. The predicted molar refractivity (Wildman–Crippen MR) is 71.4 cm³/mol. The minimum Gasteiger partial charge on any atom is -0.355 e. The highest BCUT2D eigenvalue weighted by atomic mass is 19.4. The third-order valence-electron chi connectivity index (χ3n) is 3.69. The van der Waals surface area contributed by atoms with Gasteiger partial charge in [0.05, 0.1) is 6.54 Å². The third kappa shape index (κ3) is 6.56. The Balaban J connectivity index is 2.22. The molecule has 1 aliphatic rings. The van der Waals surface area contributed by atoms with Gasteiger partial charge in [0.25, 0.3) is 0 Å². The number of carbonyl (C=O) groups excluding carboxylic acids is 1. The number of nitrogens with zero attached hydrogens (tertiary/aromatic N) is 2. The number of piperidine rings is 1. The fourth-order valence-electron chi connectivity index (χ4n) is 2.28. The number of hydrogen-bond donors (Lipinski definition) is 1. The topological polar surface area (TPSA) is 35.6 Å². The average molecular weight is 295 g/mol. The lowest BCUT2D eigenvalue weighted by atomic mass is 9.96. The molecule has 0 radical (unpaired) electrons. The normalized spacial score (nSPS) is 18.5. The molecule has 0 spiro atoms. The summed E-state index contributed by atoms with van der Waals surface area (Å²) in [6, 6.07) is 0. The Hall–Kier alpha value is -0.820. The molecule has 0 aromatic heterocycles. The number of hydrogen-bond acceptors (Lipinski definition) is 3. The van der Waals surface area contributed by atoms with E-state index in [1.54, 1.807) is 0 Å². The summed E-state index contributed by atoms with van der Waals surface area (Å²) in [5.41, 5.74) is 0. The van der Waals surface area contributed by atoms with Gasteiger partial charge in [0.15, 0.2) is 0 Å². The monoisotopic (exact) mass is 295 g/mol. The van der Waals surface area contributed by atoms with Crippen LogP contribution < -0.4 is 5.32 Å². The van der Waals surface area contributed by atoms with Gasteiger partial charge in [-0.05, 0) is 39.5 Å². The molecule has 0 aromatic carbocycles. The van der Waals surface area contributed by atoms with Crippen molar-refractivity contribution in [1.82, 2.24) is 15.1 Å². The van der Waals surface area contributed by atoms with Crippen molar-refractivity contribution in [3.8, 4) is 0 Å². The number of likely N-dealkylation sites (tertiary alicyclic amines) is 1. The van der Waals surface area contributed by atoms with Crippen LogP contribution in [0.2, 0.25) is 0 Å². The number of rotatable bonds is 6. The van der Waals surface area contributed by atoms with Crippen molar-refractivity contribution in [1.29, 1.82) is 0 Å². The molecule has 20 heavy (non-hydrogen) atoms. The third-order valence-corrected chi connectivity index (χ3v) is 3.69. The van der Waals surface area contributed by atoms with Gasteiger partial charge < -0.3 is 10.2 Å². The molecule has 0 atom stereocenters. The summed E-state index contributed by atoms with van der Waals surface area (Å²) < 4.78 is 36.7. The van der Waals surface area contributed by atoms with Gasteiger partial charge in [-0.3, -0.25) is 9.69 Å². The molecule has 1 amide bonds. The zero-order valence-corrected chi connectivity index (χ0v) is 12.2. The van der Waals surface area contributed by atoms with Crippen molar-refractivity contribution >= 4 is 5.91 Å². The number of carbonyl (C=O) groups is 1. The lowest BCUT2D eigenvalue weighted by Gasteiger charge is -2.31. The summed E-state index contributed by atoms with van der Waals surface area (Å²) in [5.74, 6) is -0.174. The SMILES string of the molecule is CCN(C)CCNC(=O)C1CCN(CC(F)(F)F)CC1. The van der Waals surface area contributed by atoms with Gasteiger partial charge in [-0.1, -0.05) is 6.92 Å². The number of likely N-dealkylation sites (N-methyl/N-ethyl adjacent to an activating group) is 1. The van der Waals surface area contributed by atoms with Crippen LogP contribution in [-0.4, -0.2) is 68.2 Å². The minimum absolute atomic E-state index is 0.0267. The van der Waals surface area contributed by atoms with Crippen LogP contribution in [-0.2, 0) is 4.79 Å². The van der Waals surface area contributed by atoms with Crippen molar-refractivity contribution in [2.45, 2.75) is 25.9 Å². The molecule has 1 saturated heterocycles. The fraction of sp³-hybridized carbons (Fsp3) is 0.923. The lowest BCUT2D eigenvalue weighted by molar-refractivity contribution is -0.149. The first-order chi connectivity index (χ1) is 9.31. The molecule has 1 aliphatic heterocycles. The summed E-state index contributed by atoms with van der Waals surface area (Å²) in [5, 5.41) is 2.86. The molecule has 0 aromatic rings. The van der Waals surface area contributed by atoms with E-state index in [4.69, 9.17) is 0 Å². The number of alkyl halides is 3. The largest absolute Gasteiger partial charge is 0.401 e. The second-order valence-electron chi connectivity index (χ2n) is 5.35. The van der Waals surface area contributed by atoms with Crippen LogP contribution >= 0.6 is 0 Å². The van der Waals surface area contributed by atoms with Crippen LogP contribution in [0.15, 0.2) is 0 Å². The molecule has 4 nitrogen and oxygen atoms in total. The van der Waals surface area contributed by atoms with Gasteiger partial charge in [0.1, 0.15) is 0 Å². The van der Waals surface area contributed by atoms with E-state index < -0.39 is 12.7 Å². The van der Waals surface area contributed by atoms with E-state index in [1.807, 2.05) is 14.0 Å². The van der Waals surface area contributed by atoms with Crippen molar-refractivity contribution < 1.29 is 18.0 Å². The quantitative estimate of drug-likeness (QED) is 0.803. The summed E-state index contributed by atoms with van der Waals surface area (Å²) in [4.78, 5) is 15.3. The van der Waals surface area contributed by atoms with Crippen LogP contribution in [0.3, 0.4) is 0 Å². The standard InChI is InChI=1S/C13H24F3N3O/c1-3-18(2)9-6-17-12(20)11-4-7-19(8-5-11)10-13(14,15)16/h11H,3-10H2,1-2H3,(H,17,20). The number of amides is 1. The zero-order valence-electron chi connectivity index (χ0n) is 12.2. The van der Waals surface area contributed by atoms with E-state index in [0.29, 0.717) is 32.5 Å². The van der Waals surface area contributed by atoms with Crippen LogP contribution in [0.25, 0.3) is 0 Å². The smallest absolute Gasteiger partial charge is 0.355 e. The molecule has 0 aliphatic carbocycles. The lowest BCUT2D eigenvalue weighted by Crippen LogP contribution is -2.44. The van der Waals surface area contributed by atoms with E-state index in [2.05, 4.69) is 10.2 Å². The molecule has 1 N–H and O–H groups in total. The molecule has 0 bridgehead atoms. The van der Waals surface area contributed by atoms with Crippen molar-refractivity contribution in [2.75, 3.05) is 46.3 Å². The van der Waals surface area contributed by atoms with Crippen molar-refractivity contribution in [2.24, 2.45) is 5.92 Å². The predicted octanol–water partition coefficient (Wildman–Crippen LogP) is 1.33. The van der Waals surface area contributed by atoms with E-state index >= 15 is 0 Å². The van der Waals surface area contributed by atoms with Gasteiger partial charge in [0, 0.05) is 19.0 Å². The first-order valence-corrected chi connectivity index (χ1v) is 7.07. The maximum absolute atomic E-state index is 12.2. The second-order valence-corrected chi connectivity index (χ2v) is 5.35. The molecule has 7 heteroatoms. The Morgan fingerprint density at radius 1 is 1.35 bits per heavy atom. The van der Waals surface area contributed by atoms with Crippen LogP contribution in [0.5, 0.6) is 0 Å². The Labute approximate surface area is 118 Å². The van der Waals surface area contributed by atoms with Crippen LogP contribution in [0, 0.1) is 5.92 Å². The van der Waals surface area contributed by atoms with Crippen molar-refractivity contribution in [3.05, 3.63) is 0 Å². The Kier molecular flexibility index (Phi) is 6.75. The van der Waals surface area contributed by atoms with Crippen molar-refractivity contribution in [3.63, 3.8) is 0 Å². The second kappa shape index (κ2) is 7.83. The van der Waals surface area contributed by atoms with E-state index in [1.165, 1.54) is 4.90 Å². The van der Waals surface area contributed by atoms with E-state index in [-0.39, 0.29) is 11.8 Å². The Morgan fingerprint density at radius 2 is 1.95 bits per heavy atom. The maximum Gasteiger partial charge on any atom is 0.401 e. The number of halogens is 3. The van der Waals surface area contributed by atoms with Gasteiger partial charge >= 0.3 is 6.18 Å². The molecular weight excluding hydrogens is 271 g/mol. The van der Waals surface area contributed by atoms with Crippen LogP contribution in [0.1, 0.15) is 19.8 Å². The van der Waals surface area contributed by atoms with Crippen LogP contribution in [0.4, 0.5) is 13.2 Å². The highest BCUT2D eigenvalue weighted by Crippen LogP contribution is 2.22. The first-order valence-electron chi connectivity index (χ1n) is 7.07. The molecule has 0 unspecified atom stereocenters. The molecule has 1 fully saturated rings. The average Bonchev–Trinajstić information content (AvgIpc) is 2.37. The summed E-state index contributed by atoms with van der Waals surface area (Å²) in [6.07, 6.45) is -3.14.